The number of para-hydroxylation sites is 4. The van der Waals surface area contributed by atoms with E-state index in [1.54, 1.807) is 0 Å². The molecule has 0 N–H and O–H groups in total. The minimum atomic E-state index is -0.0533. The van der Waals surface area contributed by atoms with Crippen LogP contribution in [0, 0.1) is 6.92 Å². The van der Waals surface area contributed by atoms with Gasteiger partial charge in [0.15, 0.2) is 5.58 Å². The molecule has 1 aromatic heterocycles. The zero-order valence-electron chi connectivity index (χ0n) is 36.5. The molecule has 0 atom stereocenters. The van der Waals surface area contributed by atoms with Gasteiger partial charge < -0.3 is 14.2 Å². The Morgan fingerprint density at radius 3 is 1.40 bits per heavy atom. The van der Waals surface area contributed by atoms with E-state index in [4.69, 9.17) is 4.42 Å². The molecule has 1 aliphatic rings. The average Bonchev–Trinajstić information content (AvgIpc) is 3.66. The number of benzene rings is 9. The van der Waals surface area contributed by atoms with E-state index in [1.807, 2.05) is 0 Å². The first kappa shape index (κ1) is 37.9. The molecule has 10 aromatic rings. The molecule has 0 spiro atoms. The Hall–Kier alpha value is -7.10. The lowest BCUT2D eigenvalue weighted by molar-refractivity contribution is 0.573. The summed E-state index contributed by atoms with van der Waals surface area (Å²) >= 11 is 0. The zero-order valence-corrected chi connectivity index (χ0v) is 36.5. The van der Waals surface area contributed by atoms with Crippen LogP contribution in [-0.2, 0) is 10.8 Å². The van der Waals surface area contributed by atoms with Crippen molar-refractivity contribution in [3.8, 4) is 22.3 Å². The van der Waals surface area contributed by atoms with E-state index in [2.05, 4.69) is 234 Å². The summed E-state index contributed by atoms with van der Waals surface area (Å²) in [6.07, 6.45) is 0. The molecule has 0 saturated carbocycles. The van der Waals surface area contributed by atoms with E-state index in [1.165, 1.54) is 66.2 Å². The molecule has 0 fully saturated rings. The predicted octanol–water partition coefficient (Wildman–Crippen LogP) is 17.4. The highest BCUT2D eigenvalue weighted by molar-refractivity contribution is 6.14. The first-order valence-corrected chi connectivity index (χ1v) is 21.8. The minimum absolute atomic E-state index is 0.0395. The van der Waals surface area contributed by atoms with Crippen molar-refractivity contribution in [2.24, 2.45) is 0 Å². The second kappa shape index (κ2) is 14.0. The standard InChI is InChI=1S/C59H50N2O/c1-37-24-27-42(58(2,3)4)36-55(37)61(44-18-12-9-13-19-44)46-29-26-39-33-50-51-34-40-30-45(28-25-38(40)32-49(51)52(50)35-41(39)31-46)60(43-16-10-8-11-17-43)54-23-15-21-48-47-20-14-22-53(59(5,6)7)56(47)62-57(48)54/h8-36H,1-7H3. The summed E-state index contributed by atoms with van der Waals surface area (Å²) in [7, 11) is 0. The lowest BCUT2D eigenvalue weighted by Crippen LogP contribution is -2.15. The molecule has 3 nitrogen and oxygen atoms in total. The molecule has 1 heterocycles. The molecule has 0 aliphatic heterocycles. The van der Waals surface area contributed by atoms with Crippen LogP contribution in [0.4, 0.5) is 34.1 Å². The Kier molecular flexibility index (Phi) is 8.53. The highest BCUT2D eigenvalue weighted by atomic mass is 16.3. The van der Waals surface area contributed by atoms with Gasteiger partial charge in [-0.1, -0.05) is 133 Å². The molecule has 62 heavy (non-hydrogen) atoms. The van der Waals surface area contributed by atoms with Crippen LogP contribution in [-0.4, -0.2) is 0 Å². The van der Waals surface area contributed by atoms with E-state index < -0.39 is 0 Å². The Bertz CT molecular complexity index is 3380. The lowest BCUT2D eigenvalue weighted by Gasteiger charge is -2.30. The Morgan fingerprint density at radius 2 is 0.871 bits per heavy atom. The van der Waals surface area contributed by atoms with E-state index in [-0.39, 0.29) is 10.8 Å². The van der Waals surface area contributed by atoms with Gasteiger partial charge in [0, 0.05) is 44.8 Å². The highest BCUT2D eigenvalue weighted by Crippen LogP contribution is 2.52. The molecule has 9 aromatic carbocycles. The van der Waals surface area contributed by atoms with Gasteiger partial charge in [0.05, 0.1) is 5.69 Å². The maximum Gasteiger partial charge on any atom is 0.159 e. The van der Waals surface area contributed by atoms with E-state index >= 15 is 0 Å². The molecule has 3 heteroatoms. The fourth-order valence-corrected chi connectivity index (χ4v) is 9.57. The van der Waals surface area contributed by atoms with Gasteiger partial charge >= 0.3 is 0 Å². The molecule has 1 aliphatic carbocycles. The van der Waals surface area contributed by atoms with Gasteiger partial charge in [-0.15, -0.1) is 0 Å². The molecule has 0 amide bonds. The maximum absolute atomic E-state index is 6.91. The van der Waals surface area contributed by atoms with Crippen molar-refractivity contribution < 1.29 is 4.42 Å². The summed E-state index contributed by atoms with van der Waals surface area (Å²) in [5.74, 6) is 0. The highest BCUT2D eigenvalue weighted by Gasteiger charge is 2.27. The first-order chi connectivity index (χ1) is 29.9. The van der Waals surface area contributed by atoms with Gasteiger partial charge in [0.2, 0.25) is 0 Å². The van der Waals surface area contributed by atoms with Crippen molar-refractivity contribution in [1.29, 1.82) is 0 Å². The third-order valence-electron chi connectivity index (χ3n) is 12.9. The largest absolute Gasteiger partial charge is 0.454 e. The van der Waals surface area contributed by atoms with Crippen LogP contribution in [0.15, 0.2) is 180 Å². The second-order valence-electron chi connectivity index (χ2n) is 19.1. The summed E-state index contributed by atoms with van der Waals surface area (Å²) in [4.78, 5) is 4.76. The van der Waals surface area contributed by atoms with Gasteiger partial charge in [-0.2, -0.15) is 0 Å². The summed E-state index contributed by atoms with van der Waals surface area (Å²) in [5.41, 5.74) is 17.6. The van der Waals surface area contributed by atoms with Crippen molar-refractivity contribution in [2.45, 2.75) is 59.3 Å². The SMILES string of the molecule is Cc1ccc(C(C)(C)C)cc1N(c1ccccc1)c1ccc2cc3c(cc2c1)-c1cc2ccc(N(c4ccccc4)c4cccc5c4oc4c(C(C)(C)C)cccc45)cc2cc1-3. The van der Waals surface area contributed by atoms with Crippen LogP contribution < -0.4 is 9.80 Å². The minimum Gasteiger partial charge on any atom is -0.454 e. The van der Waals surface area contributed by atoms with Crippen molar-refractivity contribution >= 4 is 77.6 Å². The van der Waals surface area contributed by atoms with Gasteiger partial charge in [-0.25, -0.2) is 0 Å². The van der Waals surface area contributed by atoms with Crippen LogP contribution in [0.25, 0.3) is 65.7 Å². The Labute approximate surface area is 364 Å². The molecule has 11 rings (SSSR count). The number of fused-ring (bicyclic) bond motifs is 9. The summed E-state index contributed by atoms with van der Waals surface area (Å²) < 4.78 is 6.91. The molecule has 0 radical (unpaired) electrons. The molecular formula is C59H50N2O. The second-order valence-corrected chi connectivity index (χ2v) is 19.1. The summed E-state index contributed by atoms with van der Waals surface area (Å²) in [6.45, 7) is 15.8. The molecule has 0 unspecified atom stereocenters. The number of nitrogens with zero attached hydrogens (tertiary/aromatic N) is 2. The Morgan fingerprint density at radius 1 is 0.371 bits per heavy atom. The van der Waals surface area contributed by atoms with Crippen molar-refractivity contribution in [3.63, 3.8) is 0 Å². The monoisotopic (exact) mass is 802 g/mol. The predicted molar refractivity (Wildman–Crippen MR) is 265 cm³/mol. The molecule has 0 saturated heterocycles. The third-order valence-corrected chi connectivity index (χ3v) is 12.9. The van der Waals surface area contributed by atoms with Crippen LogP contribution in [0.5, 0.6) is 0 Å². The van der Waals surface area contributed by atoms with E-state index in [9.17, 15) is 0 Å². The summed E-state index contributed by atoms with van der Waals surface area (Å²) in [5, 5.41) is 7.18. The number of furan rings is 1. The van der Waals surface area contributed by atoms with Gasteiger partial charge in [-0.05, 0) is 158 Å². The molecular weight excluding hydrogens is 753 g/mol. The third kappa shape index (κ3) is 6.18. The topological polar surface area (TPSA) is 19.6 Å². The summed E-state index contributed by atoms with van der Waals surface area (Å²) in [6, 6.07) is 64.8. The average molecular weight is 803 g/mol. The fourth-order valence-electron chi connectivity index (χ4n) is 9.57. The number of hydrogen-bond donors (Lipinski definition) is 0. The van der Waals surface area contributed by atoms with Crippen LogP contribution in [0.2, 0.25) is 0 Å². The van der Waals surface area contributed by atoms with Gasteiger partial charge in [-0.3, -0.25) is 0 Å². The zero-order chi connectivity index (χ0) is 42.5. The van der Waals surface area contributed by atoms with E-state index in [0.717, 1.165) is 50.4 Å². The van der Waals surface area contributed by atoms with Gasteiger partial charge in [0.1, 0.15) is 5.58 Å². The Balaban J connectivity index is 1.00. The van der Waals surface area contributed by atoms with Crippen LogP contribution in [0.3, 0.4) is 0 Å². The molecule has 0 bridgehead atoms. The first-order valence-electron chi connectivity index (χ1n) is 21.8. The van der Waals surface area contributed by atoms with Crippen LogP contribution in [0.1, 0.15) is 58.2 Å². The number of rotatable bonds is 6. The van der Waals surface area contributed by atoms with Crippen molar-refractivity contribution in [3.05, 3.63) is 193 Å². The van der Waals surface area contributed by atoms with Crippen LogP contribution >= 0.6 is 0 Å². The molecule has 302 valence electrons. The number of hydrogen-bond acceptors (Lipinski definition) is 3. The van der Waals surface area contributed by atoms with Gasteiger partial charge in [0.25, 0.3) is 0 Å². The van der Waals surface area contributed by atoms with Crippen molar-refractivity contribution in [1.82, 2.24) is 0 Å². The van der Waals surface area contributed by atoms with Crippen molar-refractivity contribution in [2.75, 3.05) is 9.80 Å². The quantitative estimate of drug-likeness (QED) is 0.167. The maximum atomic E-state index is 6.91. The smallest absolute Gasteiger partial charge is 0.159 e. The normalized spacial score (nSPS) is 12.4. The lowest BCUT2D eigenvalue weighted by atomic mass is 9.78. The number of aryl methyl sites for hydroxylation is 1. The number of anilines is 6. The fraction of sp³-hybridized carbons (Fsp3) is 0.153. The van der Waals surface area contributed by atoms with E-state index in [0.29, 0.717) is 0 Å².